The summed E-state index contributed by atoms with van der Waals surface area (Å²) in [4.78, 5) is 28.4. The van der Waals surface area contributed by atoms with Crippen molar-refractivity contribution in [3.05, 3.63) is 69.8 Å². The molecule has 1 aliphatic rings. The Morgan fingerprint density at radius 1 is 1.21 bits per heavy atom. The molecule has 6 heteroatoms. The van der Waals surface area contributed by atoms with Gasteiger partial charge in [-0.3, -0.25) is 9.59 Å². The summed E-state index contributed by atoms with van der Waals surface area (Å²) in [5.74, 6) is 0.613. The lowest BCUT2D eigenvalue weighted by atomic mass is 9.93. The second-order valence-corrected chi connectivity index (χ2v) is 7.71. The number of hydrogen-bond donors (Lipinski definition) is 0. The summed E-state index contributed by atoms with van der Waals surface area (Å²) in [6.07, 6.45) is 3.89. The Bertz CT molecular complexity index is 926. The summed E-state index contributed by atoms with van der Waals surface area (Å²) in [7, 11) is 3.38. The highest BCUT2D eigenvalue weighted by Crippen LogP contribution is 2.33. The number of carbonyl (C=O) groups excluding carboxylic acids is 2. The second kappa shape index (κ2) is 8.61. The molecule has 28 heavy (non-hydrogen) atoms. The first-order chi connectivity index (χ1) is 13.4. The highest BCUT2D eigenvalue weighted by atomic mass is 79.9. The topological polar surface area (TPSA) is 49.9 Å². The van der Waals surface area contributed by atoms with Crippen molar-refractivity contribution in [1.82, 2.24) is 9.80 Å². The summed E-state index contributed by atoms with van der Waals surface area (Å²) >= 11 is 3.46. The van der Waals surface area contributed by atoms with Crippen molar-refractivity contribution in [2.24, 2.45) is 0 Å². The van der Waals surface area contributed by atoms with Gasteiger partial charge in [0, 0.05) is 36.8 Å². The molecule has 1 aliphatic heterocycles. The summed E-state index contributed by atoms with van der Waals surface area (Å²) < 4.78 is 6.33. The zero-order chi connectivity index (χ0) is 20.3. The molecule has 0 saturated carbocycles. The second-order valence-electron chi connectivity index (χ2n) is 6.80. The number of amides is 2. The van der Waals surface area contributed by atoms with Crippen LogP contribution >= 0.6 is 15.9 Å². The molecule has 0 aromatic heterocycles. The number of methoxy groups -OCH3 is 1. The van der Waals surface area contributed by atoms with E-state index in [2.05, 4.69) is 15.9 Å². The van der Waals surface area contributed by atoms with Gasteiger partial charge in [0.1, 0.15) is 5.75 Å². The van der Waals surface area contributed by atoms with Crippen LogP contribution in [0, 0.1) is 0 Å². The molecule has 0 radical (unpaired) electrons. The molecule has 146 valence electrons. The number of carbonyl (C=O) groups is 2. The van der Waals surface area contributed by atoms with E-state index in [4.69, 9.17) is 4.74 Å². The molecule has 1 atom stereocenters. The fraction of sp³-hybridized carbons (Fsp3) is 0.273. The fourth-order valence-electron chi connectivity index (χ4n) is 3.45. The van der Waals surface area contributed by atoms with Crippen molar-refractivity contribution in [1.29, 1.82) is 0 Å². The van der Waals surface area contributed by atoms with Gasteiger partial charge in [0.15, 0.2) is 0 Å². The SMILES string of the molecule is COc1ccc(Br)cc1CN(C)C(=O)C[C@@H]1c2ccccc2C=CN1C(C)=O. The van der Waals surface area contributed by atoms with Crippen LogP contribution in [0.3, 0.4) is 0 Å². The van der Waals surface area contributed by atoms with Gasteiger partial charge in [-0.15, -0.1) is 0 Å². The van der Waals surface area contributed by atoms with Gasteiger partial charge >= 0.3 is 0 Å². The van der Waals surface area contributed by atoms with Crippen molar-refractivity contribution < 1.29 is 14.3 Å². The molecule has 0 saturated heterocycles. The molecule has 1 heterocycles. The number of nitrogens with zero attached hydrogens (tertiary/aromatic N) is 2. The van der Waals surface area contributed by atoms with Crippen LogP contribution in [0.5, 0.6) is 5.75 Å². The predicted octanol–water partition coefficient (Wildman–Crippen LogP) is 4.38. The molecule has 0 bridgehead atoms. The first kappa shape index (κ1) is 20.1. The van der Waals surface area contributed by atoms with Crippen LogP contribution in [0.25, 0.3) is 6.08 Å². The quantitative estimate of drug-likeness (QED) is 0.689. The molecule has 0 spiro atoms. The van der Waals surface area contributed by atoms with E-state index in [0.29, 0.717) is 6.54 Å². The van der Waals surface area contributed by atoms with E-state index in [-0.39, 0.29) is 24.3 Å². The molecule has 0 fully saturated rings. The number of rotatable bonds is 5. The molecular formula is C22H23BrN2O3. The normalized spacial score (nSPS) is 15.1. The highest BCUT2D eigenvalue weighted by molar-refractivity contribution is 9.10. The Kier molecular flexibility index (Phi) is 6.19. The van der Waals surface area contributed by atoms with Gasteiger partial charge in [-0.2, -0.15) is 0 Å². The van der Waals surface area contributed by atoms with E-state index >= 15 is 0 Å². The van der Waals surface area contributed by atoms with Gasteiger partial charge in [-0.1, -0.05) is 40.2 Å². The first-order valence-corrected chi connectivity index (χ1v) is 9.82. The minimum Gasteiger partial charge on any atom is -0.496 e. The van der Waals surface area contributed by atoms with Gasteiger partial charge < -0.3 is 14.5 Å². The van der Waals surface area contributed by atoms with Crippen molar-refractivity contribution in [2.75, 3.05) is 14.2 Å². The molecule has 0 N–H and O–H groups in total. The van der Waals surface area contributed by atoms with Crippen LogP contribution in [0.2, 0.25) is 0 Å². The largest absolute Gasteiger partial charge is 0.496 e. The van der Waals surface area contributed by atoms with Crippen molar-refractivity contribution >= 4 is 33.8 Å². The average molecular weight is 443 g/mol. The smallest absolute Gasteiger partial charge is 0.225 e. The summed E-state index contributed by atoms with van der Waals surface area (Å²) in [5, 5.41) is 0. The van der Waals surface area contributed by atoms with E-state index in [1.54, 1.807) is 30.2 Å². The number of ether oxygens (including phenoxy) is 1. The lowest BCUT2D eigenvalue weighted by Gasteiger charge is -2.33. The third-order valence-corrected chi connectivity index (χ3v) is 5.41. The Balaban J connectivity index is 1.80. The summed E-state index contributed by atoms with van der Waals surface area (Å²) in [5.41, 5.74) is 2.94. The minimum absolute atomic E-state index is 0.0385. The third-order valence-electron chi connectivity index (χ3n) is 4.91. The summed E-state index contributed by atoms with van der Waals surface area (Å²) in [6, 6.07) is 13.3. The van der Waals surface area contributed by atoms with Crippen LogP contribution in [0.15, 0.2) is 53.1 Å². The van der Waals surface area contributed by atoms with E-state index in [9.17, 15) is 9.59 Å². The standard InChI is InChI=1S/C22H23BrN2O3/c1-15(26)25-11-10-16-6-4-5-7-19(16)20(25)13-22(27)24(2)14-17-12-18(23)8-9-21(17)28-3/h4-12,20H,13-14H2,1-3H3/t20-/m1/s1. The molecule has 0 unspecified atom stereocenters. The van der Waals surface area contributed by atoms with Gasteiger partial charge in [-0.25, -0.2) is 0 Å². The predicted molar refractivity (Wildman–Crippen MR) is 113 cm³/mol. The molecular weight excluding hydrogens is 420 g/mol. The Morgan fingerprint density at radius 3 is 2.68 bits per heavy atom. The maximum Gasteiger partial charge on any atom is 0.225 e. The maximum absolute atomic E-state index is 13.0. The van der Waals surface area contributed by atoms with E-state index in [1.807, 2.05) is 48.5 Å². The van der Waals surface area contributed by atoms with Gasteiger partial charge in [0.05, 0.1) is 19.6 Å². The number of benzene rings is 2. The number of halogens is 1. The first-order valence-electron chi connectivity index (χ1n) is 9.03. The fourth-order valence-corrected chi connectivity index (χ4v) is 3.86. The van der Waals surface area contributed by atoms with E-state index in [1.165, 1.54) is 6.92 Å². The highest BCUT2D eigenvalue weighted by Gasteiger charge is 2.29. The molecule has 2 aromatic carbocycles. The van der Waals surface area contributed by atoms with Crippen LogP contribution in [-0.4, -0.2) is 35.8 Å². The summed E-state index contributed by atoms with van der Waals surface area (Å²) in [6.45, 7) is 1.94. The molecule has 5 nitrogen and oxygen atoms in total. The third kappa shape index (κ3) is 4.28. The minimum atomic E-state index is -0.307. The van der Waals surface area contributed by atoms with E-state index in [0.717, 1.165) is 26.9 Å². The zero-order valence-electron chi connectivity index (χ0n) is 16.2. The zero-order valence-corrected chi connectivity index (χ0v) is 17.8. The maximum atomic E-state index is 13.0. The Labute approximate surface area is 173 Å². The monoisotopic (exact) mass is 442 g/mol. The number of hydrogen-bond acceptors (Lipinski definition) is 3. The van der Waals surface area contributed by atoms with E-state index < -0.39 is 0 Å². The van der Waals surface area contributed by atoms with Crippen molar-refractivity contribution in [2.45, 2.75) is 25.9 Å². The van der Waals surface area contributed by atoms with Crippen LogP contribution in [0.1, 0.15) is 36.1 Å². The molecule has 2 amide bonds. The van der Waals surface area contributed by atoms with Gasteiger partial charge in [0.25, 0.3) is 0 Å². The lowest BCUT2D eigenvalue weighted by Crippen LogP contribution is -2.35. The average Bonchev–Trinajstić information content (AvgIpc) is 2.68. The van der Waals surface area contributed by atoms with Gasteiger partial charge in [-0.05, 0) is 35.4 Å². The van der Waals surface area contributed by atoms with Crippen molar-refractivity contribution in [3.8, 4) is 5.75 Å². The number of fused-ring (bicyclic) bond motifs is 1. The van der Waals surface area contributed by atoms with Crippen LogP contribution in [0.4, 0.5) is 0 Å². The van der Waals surface area contributed by atoms with Crippen LogP contribution < -0.4 is 4.74 Å². The lowest BCUT2D eigenvalue weighted by molar-refractivity contribution is -0.134. The Hall–Kier alpha value is -2.60. The molecule has 2 aromatic rings. The van der Waals surface area contributed by atoms with Crippen LogP contribution in [-0.2, 0) is 16.1 Å². The van der Waals surface area contributed by atoms with Gasteiger partial charge in [0.2, 0.25) is 11.8 Å². The molecule has 3 rings (SSSR count). The molecule has 0 aliphatic carbocycles. The van der Waals surface area contributed by atoms with Crippen molar-refractivity contribution in [3.63, 3.8) is 0 Å². The Morgan fingerprint density at radius 2 is 1.96 bits per heavy atom.